The van der Waals surface area contributed by atoms with E-state index in [4.69, 9.17) is 5.73 Å². The van der Waals surface area contributed by atoms with Crippen molar-refractivity contribution >= 4 is 45.8 Å². The molecule has 1 aromatic rings. The van der Waals surface area contributed by atoms with E-state index < -0.39 is 5.97 Å². The minimum Gasteiger partial charge on any atom is -0.419 e. The minimum atomic E-state index is -0.611. The first-order valence-electron chi connectivity index (χ1n) is 3.20. The lowest BCUT2D eigenvalue weighted by Crippen LogP contribution is -2.04. The van der Waals surface area contributed by atoms with Crippen LogP contribution in [-0.2, 0) is 9.53 Å². The molecule has 0 unspecified atom stereocenters. The van der Waals surface area contributed by atoms with Crippen LogP contribution in [0.15, 0.2) is 12.0 Å². The molecule has 1 aromatic heterocycles. The van der Waals surface area contributed by atoms with E-state index in [1.807, 2.05) is 0 Å². The molecule has 0 aromatic carbocycles. The predicted octanol–water partition coefficient (Wildman–Crippen LogP) is 1.24. The highest BCUT2D eigenvalue weighted by Crippen LogP contribution is 2.18. The summed E-state index contributed by atoms with van der Waals surface area (Å²) in [6.07, 6.45) is 0. The largest absolute Gasteiger partial charge is 0.419 e. The fourth-order valence-electron chi connectivity index (χ4n) is 0.646. The van der Waals surface area contributed by atoms with Crippen molar-refractivity contribution < 1.29 is 9.53 Å². The highest BCUT2D eigenvalue weighted by molar-refractivity contribution is 7.78. The van der Waals surface area contributed by atoms with E-state index in [1.54, 1.807) is 5.38 Å². The van der Waals surface area contributed by atoms with Crippen molar-refractivity contribution in [1.82, 2.24) is 4.98 Å². The summed E-state index contributed by atoms with van der Waals surface area (Å²) in [6, 6.07) is 0. The number of ether oxygens (including phenoxy) is 1. The van der Waals surface area contributed by atoms with Gasteiger partial charge in [-0.15, -0.1) is 11.3 Å². The van der Waals surface area contributed by atoms with Crippen LogP contribution in [0.5, 0.6) is 0 Å². The van der Waals surface area contributed by atoms with Crippen molar-refractivity contribution in [1.29, 1.82) is 0 Å². The highest BCUT2D eigenvalue weighted by Gasteiger charge is 2.12. The molecule has 0 amide bonds. The van der Waals surface area contributed by atoms with Gasteiger partial charge in [0.2, 0.25) is 0 Å². The Morgan fingerprint density at radius 2 is 2.54 bits per heavy atom. The van der Waals surface area contributed by atoms with E-state index in [9.17, 15) is 4.79 Å². The van der Waals surface area contributed by atoms with Crippen LogP contribution < -0.4 is 5.73 Å². The summed E-state index contributed by atoms with van der Waals surface area (Å²) in [5.74, 6) is -0.611. The van der Waals surface area contributed by atoms with Gasteiger partial charge in [0.1, 0.15) is 0 Å². The second-order valence-electron chi connectivity index (χ2n) is 2.05. The summed E-state index contributed by atoms with van der Waals surface area (Å²) < 4.78 is 4.44. The van der Waals surface area contributed by atoms with Gasteiger partial charge >= 0.3 is 5.97 Å². The number of nitrogens with two attached hydrogens (primary N) is 1. The predicted molar refractivity (Wildman–Crippen MR) is 55.3 cm³/mol. The van der Waals surface area contributed by atoms with Gasteiger partial charge < -0.3 is 10.5 Å². The molecule has 13 heavy (non-hydrogen) atoms. The first-order chi connectivity index (χ1) is 6.15. The summed E-state index contributed by atoms with van der Waals surface area (Å²) in [5, 5.41) is 2.01. The Morgan fingerprint density at radius 3 is 3.00 bits per heavy atom. The van der Waals surface area contributed by atoms with E-state index in [0.29, 0.717) is 10.8 Å². The number of nitrogens with zero attached hydrogens (tertiary/aromatic N) is 1. The average Bonchev–Trinajstić information content (AvgIpc) is 2.51. The first-order valence-corrected chi connectivity index (χ1v) is 4.55. The fourth-order valence-corrected chi connectivity index (χ4v) is 1.31. The maximum atomic E-state index is 11.1. The molecular formula is C7H6N2O2S2. The quantitative estimate of drug-likeness (QED) is 0.466. The van der Waals surface area contributed by atoms with Gasteiger partial charge in [-0.2, -0.15) is 0 Å². The molecule has 0 atom stereocenters. The number of nitrogen functional groups attached to an aromatic ring is 1. The summed E-state index contributed by atoms with van der Waals surface area (Å²) in [5.41, 5.74) is 6.82. The number of anilines is 1. The maximum Gasteiger partial charge on any atom is 0.345 e. The monoisotopic (exact) mass is 214 g/mol. The first kappa shape index (κ1) is 9.82. The maximum absolute atomic E-state index is 11.1. The van der Waals surface area contributed by atoms with Crippen molar-refractivity contribution in [3.63, 3.8) is 0 Å². The zero-order chi connectivity index (χ0) is 9.84. The van der Waals surface area contributed by atoms with Crippen LogP contribution in [0.3, 0.4) is 0 Å². The molecule has 1 heterocycles. The van der Waals surface area contributed by atoms with Crippen LogP contribution in [0.4, 0.5) is 5.13 Å². The van der Waals surface area contributed by atoms with Crippen molar-refractivity contribution in [3.8, 4) is 0 Å². The molecular weight excluding hydrogens is 208 g/mol. The molecule has 0 saturated heterocycles. The molecule has 0 aliphatic rings. The molecule has 0 spiro atoms. The molecule has 0 fully saturated rings. The van der Waals surface area contributed by atoms with Crippen molar-refractivity contribution in [2.75, 3.05) is 5.73 Å². The lowest BCUT2D eigenvalue weighted by Gasteiger charge is -1.97. The Bertz CT molecular complexity index is 359. The van der Waals surface area contributed by atoms with Gasteiger partial charge in [0.25, 0.3) is 0 Å². The fraction of sp³-hybridized carbons (Fsp3) is 0. The molecule has 6 heteroatoms. The second kappa shape index (κ2) is 4.11. The molecule has 0 radical (unpaired) electrons. The zero-order valence-electron chi connectivity index (χ0n) is 6.52. The van der Waals surface area contributed by atoms with Gasteiger partial charge in [-0.3, -0.25) is 0 Å². The smallest absolute Gasteiger partial charge is 0.345 e. The summed E-state index contributed by atoms with van der Waals surface area (Å²) >= 11 is 5.58. The van der Waals surface area contributed by atoms with Gasteiger partial charge in [0.15, 0.2) is 10.7 Å². The van der Waals surface area contributed by atoms with Gasteiger partial charge in [-0.1, -0.05) is 6.58 Å². The third-order valence-corrected chi connectivity index (χ3v) is 2.00. The van der Waals surface area contributed by atoms with Crippen LogP contribution in [0.25, 0.3) is 5.57 Å². The normalized spacial score (nSPS) is 9.23. The SMILES string of the molecule is C=C(C(=O)OC=S)c1csc(N)n1. The Hall–Kier alpha value is -1.27. The van der Waals surface area contributed by atoms with Crippen LogP contribution in [0, 0.1) is 0 Å². The van der Waals surface area contributed by atoms with Crippen molar-refractivity contribution in [2.24, 2.45) is 0 Å². The number of hydrogen-bond donors (Lipinski definition) is 1. The molecule has 0 aliphatic carbocycles. The van der Waals surface area contributed by atoms with E-state index >= 15 is 0 Å². The Kier molecular flexibility index (Phi) is 3.10. The number of aromatic nitrogens is 1. The molecule has 2 N–H and O–H groups in total. The van der Waals surface area contributed by atoms with Crippen LogP contribution in [0.2, 0.25) is 0 Å². The number of hydrogen-bond acceptors (Lipinski definition) is 6. The third kappa shape index (κ3) is 2.33. The van der Waals surface area contributed by atoms with E-state index in [-0.39, 0.29) is 5.57 Å². The third-order valence-electron chi connectivity index (χ3n) is 1.23. The Labute approximate surface area is 84.0 Å². The lowest BCUT2D eigenvalue weighted by molar-refractivity contribution is -0.128. The molecule has 0 saturated carbocycles. The summed E-state index contributed by atoms with van der Waals surface area (Å²) in [7, 11) is 0. The number of carbonyl (C=O) groups excluding carboxylic acids is 1. The number of esters is 1. The zero-order valence-corrected chi connectivity index (χ0v) is 8.15. The van der Waals surface area contributed by atoms with Crippen molar-refractivity contribution in [2.45, 2.75) is 0 Å². The molecule has 4 nitrogen and oxygen atoms in total. The van der Waals surface area contributed by atoms with Crippen LogP contribution >= 0.6 is 23.6 Å². The topological polar surface area (TPSA) is 65.2 Å². The van der Waals surface area contributed by atoms with Crippen LogP contribution in [0.1, 0.15) is 5.69 Å². The molecule has 0 aliphatic heterocycles. The van der Waals surface area contributed by atoms with Crippen molar-refractivity contribution in [3.05, 3.63) is 17.7 Å². The number of thiocarbonyl (C=S) groups is 1. The van der Waals surface area contributed by atoms with E-state index in [2.05, 4.69) is 28.5 Å². The summed E-state index contributed by atoms with van der Waals surface area (Å²) in [6.45, 7) is 3.50. The van der Waals surface area contributed by atoms with Gasteiger partial charge in [0, 0.05) is 5.38 Å². The number of thiazole rings is 1. The van der Waals surface area contributed by atoms with Crippen LogP contribution in [-0.4, -0.2) is 16.5 Å². The van der Waals surface area contributed by atoms with E-state index in [0.717, 1.165) is 5.55 Å². The Morgan fingerprint density at radius 1 is 1.85 bits per heavy atom. The second-order valence-corrected chi connectivity index (χ2v) is 3.13. The van der Waals surface area contributed by atoms with Gasteiger partial charge in [0.05, 0.1) is 11.3 Å². The summed E-state index contributed by atoms with van der Waals surface area (Å²) in [4.78, 5) is 14.9. The lowest BCUT2D eigenvalue weighted by atomic mass is 10.2. The average molecular weight is 214 g/mol. The molecule has 68 valence electrons. The molecule has 0 bridgehead atoms. The minimum absolute atomic E-state index is 0.147. The van der Waals surface area contributed by atoms with Gasteiger partial charge in [-0.25, -0.2) is 9.78 Å². The Balaban J connectivity index is 2.79. The number of carbonyl (C=O) groups is 1. The highest BCUT2D eigenvalue weighted by atomic mass is 32.1. The standard InChI is InChI=1S/C7H6N2O2S2/c1-4(6(10)11-3-12)5-2-13-7(8)9-5/h2-3H,1H2,(H2,8,9). The number of rotatable bonds is 3. The molecule has 1 rings (SSSR count). The van der Waals surface area contributed by atoms with E-state index in [1.165, 1.54) is 11.3 Å². The van der Waals surface area contributed by atoms with Gasteiger partial charge in [-0.05, 0) is 12.2 Å².